The van der Waals surface area contributed by atoms with Gasteiger partial charge >= 0.3 is 6.03 Å². The first-order chi connectivity index (χ1) is 15.5. The quantitative estimate of drug-likeness (QED) is 0.623. The highest BCUT2D eigenvalue weighted by Gasteiger charge is 2.27. The first kappa shape index (κ1) is 23.9. The molecule has 4 rings (SSSR count). The Hall–Kier alpha value is -1.24. The number of carbonyl (C=O) groups is 1. The number of halogens is 3. The van der Waals surface area contributed by atoms with Crippen LogP contribution in [0.25, 0.3) is 0 Å². The maximum atomic E-state index is 13.3. The molecule has 1 N–H and O–H groups in total. The summed E-state index contributed by atoms with van der Waals surface area (Å²) in [6.07, 6.45) is 5.88. The van der Waals surface area contributed by atoms with Crippen LogP contribution in [0.4, 0.5) is 14.9 Å². The monoisotopic (exact) mass is 484 g/mol. The minimum atomic E-state index is -0.743. The summed E-state index contributed by atoms with van der Waals surface area (Å²) in [4.78, 5) is 19.1. The van der Waals surface area contributed by atoms with Crippen molar-refractivity contribution >= 4 is 34.9 Å². The van der Waals surface area contributed by atoms with Crippen LogP contribution in [0.2, 0.25) is 10.0 Å². The van der Waals surface area contributed by atoms with Crippen molar-refractivity contribution in [3.05, 3.63) is 28.2 Å². The molecule has 0 unspecified atom stereocenters. The van der Waals surface area contributed by atoms with Crippen LogP contribution in [0.3, 0.4) is 0 Å². The van der Waals surface area contributed by atoms with E-state index in [1.165, 1.54) is 19.3 Å². The summed E-state index contributed by atoms with van der Waals surface area (Å²) in [6.45, 7) is 6.25. The lowest BCUT2D eigenvalue weighted by molar-refractivity contribution is 0.145. The number of carbonyl (C=O) groups excluding carboxylic acids is 1. The molecule has 5 nitrogen and oxygen atoms in total. The topological polar surface area (TPSA) is 38.8 Å². The number of amides is 2. The zero-order valence-corrected chi connectivity index (χ0v) is 20.3. The molecule has 1 aliphatic carbocycles. The maximum absolute atomic E-state index is 13.3. The van der Waals surface area contributed by atoms with E-state index in [4.69, 9.17) is 23.2 Å². The van der Waals surface area contributed by atoms with Crippen LogP contribution in [-0.4, -0.2) is 73.9 Å². The lowest BCUT2D eigenvalue weighted by Crippen LogP contribution is -2.49. The molecule has 0 aromatic heterocycles. The normalized spacial score (nSPS) is 25.7. The molecule has 1 aromatic carbocycles. The average Bonchev–Trinajstić information content (AvgIpc) is 2.81. The maximum Gasteiger partial charge on any atom is 0.317 e. The van der Waals surface area contributed by atoms with Crippen LogP contribution in [0, 0.1) is 5.92 Å². The van der Waals surface area contributed by atoms with Crippen LogP contribution in [0.1, 0.15) is 44.9 Å². The van der Waals surface area contributed by atoms with Crippen LogP contribution >= 0.6 is 23.2 Å². The van der Waals surface area contributed by atoms with Crippen molar-refractivity contribution in [1.29, 1.82) is 0 Å². The third-order valence-electron chi connectivity index (χ3n) is 7.38. The van der Waals surface area contributed by atoms with Gasteiger partial charge in [0.15, 0.2) is 0 Å². The van der Waals surface area contributed by atoms with E-state index in [1.54, 1.807) is 4.90 Å². The molecular weight excluding hydrogens is 450 g/mol. The van der Waals surface area contributed by atoms with Gasteiger partial charge in [-0.3, -0.25) is 4.90 Å². The van der Waals surface area contributed by atoms with E-state index < -0.39 is 6.17 Å². The van der Waals surface area contributed by atoms with E-state index in [-0.39, 0.29) is 12.1 Å². The smallest absolute Gasteiger partial charge is 0.317 e. The molecular formula is C24H35Cl2FN4O. The molecule has 1 saturated carbocycles. The van der Waals surface area contributed by atoms with Gasteiger partial charge in [0.2, 0.25) is 0 Å². The van der Waals surface area contributed by atoms with Crippen molar-refractivity contribution in [3.63, 3.8) is 0 Å². The van der Waals surface area contributed by atoms with Crippen LogP contribution in [0.15, 0.2) is 18.2 Å². The Bertz CT molecular complexity index is 758. The summed E-state index contributed by atoms with van der Waals surface area (Å²) >= 11 is 12.6. The molecule has 2 aliphatic heterocycles. The minimum absolute atomic E-state index is 0.00183. The number of hydrogen-bond acceptors (Lipinski definition) is 3. The Morgan fingerprint density at radius 1 is 0.969 bits per heavy atom. The van der Waals surface area contributed by atoms with E-state index in [0.29, 0.717) is 36.0 Å². The molecule has 3 fully saturated rings. The molecule has 0 atom stereocenters. The van der Waals surface area contributed by atoms with Crippen molar-refractivity contribution < 1.29 is 9.18 Å². The number of alkyl halides is 1. The average molecular weight is 485 g/mol. The van der Waals surface area contributed by atoms with Crippen molar-refractivity contribution in [2.75, 3.05) is 50.7 Å². The lowest BCUT2D eigenvalue weighted by Gasteiger charge is -2.38. The number of hydrogen-bond donors (Lipinski definition) is 1. The number of piperazine rings is 1. The molecule has 1 aromatic rings. The van der Waals surface area contributed by atoms with Gasteiger partial charge in [0.1, 0.15) is 6.17 Å². The summed E-state index contributed by atoms with van der Waals surface area (Å²) in [5.41, 5.74) is 1.04. The van der Waals surface area contributed by atoms with Gasteiger partial charge in [0.25, 0.3) is 0 Å². The third-order valence-corrected chi connectivity index (χ3v) is 8.19. The molecule has 8 heteroatoms. The Kier molecular flexibility index (Phi) is 8.41. The van der Waals surface area contributed by atoms with Gasteiger partial charge in [-0.1, -0.05) is 29.3 Å². The number of nitrogens with one attached hydrogen (secondary N) is 1. The number of likely N-dealkylation sites (tertiary alicyclic amines) is 1. The van der Waals surface area contributed by atoms with E-state index in [1.807, 2.05) is 18.2 Å². The second-order valence-electron chi connectivity index (χ2n) is 9.52. The second kappa shape index (κ2) is 11.3. The van der Waals surface area contributed by atoms with Crippen LogP contribution in [0.5, 0.6) is 0 Å². The summed E-state index contributed by atoms with van der Waals surface area (Å²) in [7, 11) is 0. The van der Waals surface area contributed by atoms with Crippen LogP contribution in [-0.2, 0) is 0 Å². The number of nitrogens with zero attached hydrogens (tertiary/aromatic N) is 3. The first-order valence-corrected chi connectivity index (χ1v) is 12.9. The van der Waals surface area contributed by atoms with E-state index in [2.05, 4.69) is 15.1 Å². The van der Waals surface area contributed by atoms with Gasteiger partial charge in [-0.05, 0) is 69.5 Å². The zero-order valence-electron chi connectivity index (χ0n) is 18.7. The highest BCUT2D eigenvalue weighted by Crippen LogP contribution is 2.33. The molecule has 0 radical (unpaired) electrons. The Balaban J connectivity index is 1.12. The fourth-order valence-corrected chi connectivity index (χ4v) is 5.64. The van der Waals surface area contributed by atoms with Crippen LogP contribution < -0.4 is 10.2 Å². The Labute approximate surface area is 201 Å². The Morgan fingerprint density at radius 2 is 1.66 bits per heavy atom. The summed E-state index contributed by atoms with van der Waals surface area (Å²) in [5.74, 6) is 0.742. The summed E-state index contributed by atoms with van der Waals surface area (Å²) in [6, 6.07) is 6.11. The minimum Gasteiger partial charge on any atom is -0.368 e. The molecule has 0 spiro atoms. The van der Waals surface area contributed by atoms with Gasteiger partial charge in [-0.25, -0.2) is 9.18 Å². The van der Waals surface area contributed by atoms with E-state index in [0.717, 1.165) is 57.2 Å². The molecule has 0 bridgehead atoms. The molecule has 2 amide bonds. The Morgan fingerprint density at radius 3 is 2.34 bits per heavy atom. The zero-order chi connectivity index (χ0) is 22.5. The predicted molar refractivity (Wildman–Crippen MR) is 130 cm³/mol. The predicted octanol–water partition coefficient (Wildman–Crippen LogP) is 5.21. The molecule has 178 valence electrons. The van der Waals surface area contributed by atoms with Gasteiger partial charge < -0.3 is 15.1 Å². The number of rotatable bonds is 5. The first-order valence-electron chi connectivity index (χ1n) is 12.1. The van der Waals surface area contributed by atoms with Crippen molar-refractivity contribution in [2.45, 2.75) is 57.2 Å². The molecule has 2 heterocycles. The highest BCUT2D eigenvalue weighted by molar-refractivity contribution is 6.43. The van der Waals surface area contributed by atoms with E-state index in [9.17, 15) is 9.18 Å². The van der Waals surface area contributed by atoms with Gasteiger partial charge in [-0.15, -0.1) is 0 Å². The number of piperidine rings is 1. The highest BCUT2D eigenvalue weighted by atomic mass is 35.5. The molecule has 32 heavy (non-hydrogen) atoms. The number of anilines is 1. The summed E-state index contributed by atoms with van der Waals surface area (Å²) < 4.78 is 13.3. The standard InChI is InChI=1S/C24H35Cl2FN4O/c25-21-2-1-3-22(23(21)26)30-16-14-29(15-17-30)11-8-18-4-6-20(7-5-18)28-24(32)31-12-9-19(27)10-13-31/h1-3,18-20H,4-17H2,(H,28,32). The van der Waals surface area contributed by atoms with Crippen molar-refractivity contribution in [2.24, 2.45) is 5.92 Å². The van der Waals surface area contributed by atoms with Gasteiger partial charge in [0.05, 0.1) is 15.7 Å². The lowest BCUT2D eigenvalue weighted by atomic mass is 9.84. The largest absolute Gasteiger partial charge is 0.368 e. The summed E-state index contributed by atoms with van der Waals surface area (Å²) in [5, 5.41) is 4.45. The fourth-order valence-electron chi connectivity index (χ4n) is 5.23. The fraction of sp³-hybridized carbons (Fsp3) is 0.708. The number of urea groups is 1. The number of benzene rings is 1. The SMILES string of the molecule is O=C(NC1CCC(CCN2CCN(c3cccc(Cl)c3Cl)CC2)CC1)N1CCC(F)CC1. The second-order valence-corrected chi connectivity index (χ2v) is 10.3. The van der Waals surface area contributed by atoms with Crippen molar-refractivity contribution in [3.8, 4) is 0 Å². The van der Waals surface area contributed by atoms with Crippen molar-refractivity contribution in [1.82, 2.24) is 15.1 Å². The van der Waals surface area contributed by atoms with Gasteiger partial charge in [0, 0.05) is 45.3 Å². The van der Waals surface area contributed by atoms with E-state index >= 15 is 0 Å². The molecule has 3 aliphatic rings. The van der Waals surface area contributed by atoms with Gasteiger partial charge in [-0.2, -0.15) is 0 Å². The molecule has 2 saturated heterocycles. The third kappa shape index (κ3) is 6.21.